The van der Waals surface area contributed by atoms with E-state index in [1.165, 1.54) is 13.2 Å². The maximum atomic E-state index is 10.9. The van der Waals surface area contributed by atoms with E-state index >= 15 is 0 Å². The molecule has 0 N–H and O–H groups in total. The molecule has 2 aliphatic heterocycles. The second kappa shape index (κ2) is 4.77. The van der Waals surface area contributed by atoms with Gasteiger partial charge in [0.05, 0.1) is 6.61 Å². The van der Waals surface area contributed by atoms with E-state index in [-0.39, 0.29) is 6.10 Å². The summed E-state index contributed by atoms with van der Waals surface area (Å²) in [6, 6.07) is 0. The number of carbonyl (C=O) groups is 1. The summed E-state index contributed by atoms with van der Waals surface area (Å²) in [6.07, 6.45) is 0.533. The van der Waals surface area contributed by atoms with Crippen molar-refractivity contribution < 1.29 is 28.5 Å². The lowest BCUT2D eigenvalue weighted by molar-refractivity contribution is -0.174. The molecule has 2 saturated heterocycles. The summed E-state index contributed by atoms with van der Waals surface area (Å²) in [6.45, 7) is 8.97. The summed E-state index contributed by atoms with van der Waals surface area (Å²) in [4.78, 5) is 10.9. The Morgan fingerprint density at radius 2 is 1.95 bits per heavy atom. The van der Waals surface area contributed by atoms with Crippen molar-refractivity contribution in [1.82, 2.24) is 0 Å². The van der Waals surface area contributed by atoms with E-state index in [0.717, 1.165) is 0 Å². The zero-order valence-electron chi connectivity index (χ0n) is 11.9. The standard InChI is InChI=1S/C13H20O6/c1-8(14)15-6-9-11(19-13(4,5)18-9)10-7-16-12(2,3)17-10/h6,10-11H,7H2,1-5H3. The van der Waals surface area contributed by atoms with Crippen molar-refractivity contribution in [2.45, 2.75) is 58.4 Å². The Morgan fingerprint density at radius 3 is 2.47 bits per heavy atom. The van der Waals surface area contributed by atoms with Crippen molar-refractivity contribution in [2.75, 3.05) is 6.61 Å². The van der Waals surface area contributed by atoms with Crippen LogP contribution in [0.3, 0.4) is 0 Å². The number of rotatable bonds is 2. The fraction of sp³-hybridized carbons (Fsp3) is 0.769. The fourth-order valence-corrected chi connectivity index (χ4v) is 2.09. The van der Waals surface area contributed by atoms with Gasteiger partial charge in [0.1, 0.15) is 12.4 Å². The summed E-state index contributed by atoms with van der Waals surface area (Å²) in [5.74, 6) is -1.41. The number of carbonyl (C=O) groups excluding carboxylic acids is 1. The van der Waals surface area contributed by atoms with Crippen LogP contribution in [0.1, 0.15) is 34.6 Å². The average Bonchev–Trinajstić information content (AvgIpc) is 2.75. The Morgan fingerprint density at radius 1 is 1.26 bits per heavy atom. The van der Waals surface area contributed by atoms with Crippen molar-refractivity contribution in [3.63, 3.8) is 0 Å². The van der Waals surface area contributed by atoms with Crippen LogP contribution in [0.15, 0.2) is 12.0 Å². The van der Waals surface area contributed by atoms with Gasteiger partial charge in [-0.1, -0.05) is 0 Å². The average molecular weight is 272 g/mol. The SMILES string of the molecule is CC(=O)OC=C1OC(C)(C)OC1C1COC(C)(C)O1. The van der Waals surface area contributed by atoms with Crippen LogP contribution in [-0.4, -0.2) is 36.4 Å². The minimum Gasteiger partial charge on any atom is -0.461 e. The Bertz CT molecular complexity index is 398. The van der Waals surface area contributed by atoms with E-state index in [4.69, 9.17) is 23.7 Å². The minimum atomic E-state index is -0.785. The smallest absolute Gasteiger partial charge is 0.307 e. The number of ether oxygens (including phenoxy) is 5. The normalized spacial score (nSPS) is 34.3. The van der Waals surface area contributed by atoms with Crippen molar-refractivity contribution in [2.24, 2.45) is 0 Å². The number of esters is 1. The second-order valence-electron chi connectivity index (χ2n) is 5.54. The largest absolute Gasteiger partial charge is 0.461 e. The van der Waals surface area contributed by atoms with Crippen LogP contribution in [0, 0.1) is 0 Å². The van der Waals surface area contributed by atoms with Crippen LogP contribution in [0.5, 0.6) is 0 Å². The van der Waals surface area contributed by atoms with Gasteiger partial charge in [-0.3, -0.25) is 4.79 Å². The summed E-state index contributed by atoms with van der Waals surface area (Å²) < 4.78 is 27.5. The van der Waals surface area contributed by atoms with E-state index in [9.17, 15) is 4.79 Å². The first-order chi connectivity index (χ1) is 8.69. The van der Waals surface area contributed by atoms with Gasteiger partial charge in [0.2, 0.25) is 5.79 Å². The molecular formula is C13H20O6. The molecule has 0 spiro atoms. The first kappa shape index (κ1) is 14.3. The molecule has 6 nitrogen and oxygen atoms in total. The van der Waals surface area contributed by atoms with Crippen LogP contribution in [0.4, 0.5) is 0 Å². The van der Waals surface area contributed by atoms with Crippen molar-refractivity contribution in [3.05, 3.63) is 12.0 Å². The zero-order chi connectivity index (χ0) is 14.3. The lowest BCUT2D eigenvalue weighted by Crippen LogP contribution is -2.33. The first-order valence-corrected chi connectivity index (χ1v) is 6.24. The molecule has 0 saturated carbocycles. The van der Waals surface area contributed by atoms with E-state index in [1.54, 1.807) is 13.8 Å². The minimum absolute atomic E-state index is 0.293. The molecule has 0 radical (unpaired) electrons. The van der Waals surface area contributed by atoms with E-state index in [2.05, 4.69) is 0 Å². The fourth-order valence-electron chi connectivity index (χ4n) is 2.09. The molecule has 0 bridgehead atoms. The van der Waals surface area contributed by atoms with Gasteiger partial charge in [-0.05, 0) is 13.8 Å². The van der Waals surface area contributed by atoms with Gasteiger partial charge in [0.25, 0.3) is 0 Å². The van der Waals surface area contributed by atoms with Gasteiger partial charge in [0, 0.05) is 20.8 Å². The van der Waals surface area contributed by atoms with Gasteiger partial charge in [-0.15, -0.1) is 0 Å². The van der Waals surface area contributed by atoms with Crippen molar-refractivity contribution in [3.8, 4) is 0 Å². The third kappa shape index (κ3) is 3.46. The Hall–Kier alpha value is -1.11. The topological polar surface area (TPSA) is 63.2 Å². The van der Waals surface area contributed by atoms with Crippen LogP contribution in [0.25, 0.3) is 0 Å². The summed E-state index contributed by atoms with van der Waals surface area (Å²) in [5, 5.41) is 0. The molecule has 19 heavy (non-hydrogen) atoms. The predicted molar refractivity (Wildman–Crippen MR) is 64.8 cm³/mol. The Labute approximate surface area is 112 Å². The molecule has 0 amide bonds. The molecule has 2 fully saturated rings. The molecule has 0 aromatic rings. The number of hydrogen-bond acceptors (Lipinski definition) is 6. The molecule has 2 aliphatic rings. The molecule has 2 atom stereocenters. The summed E-state index contributed by atoms with van der Waals surface area (Å²) in [7, 11) is 0. The lowest BCUT2D eigenvalue weighted by atomic mass is 10.2. The molecular weight excluding hydrogens is 252 g/mol. The van der Waals surface area contributed by atoms with Crippen LogP contribution < -0.4 is 0 Å². The van der Waals surface area contributed by atoms with E-state index < -0.39 is 23.6 Å². The Balaban J connectivity index is 2.12. The quantitative estimate of drug-likeness (QED) is 0.563. The third-order valence-electron chi connectivity index (χ3n) is 2.76. The molecule has 0 aromatic heterocycles. The highest BCUT2D eigenvalue weighted by Crippen LogP contribution is 2.37. The van der Waals surface area contributed by atoms with Crippen LogP contribution in [-0.2, 0) is 28.5 Å². The molecule has 2 rings (SSSR count). The van der Waals surface area contributed by atoms with E-state index in [1.807, 2.05) is 13.8 Å². The Kier molecular flexibility index (Phi) is 3.59. The first-order valence-electron chi connectivity index (χ1n) is 6.24. The second-order valence-corrected chi connectivity index (χ2v) is 5.54. The van der Waals surface area contributed by atoms with E-state index in [0.29, 0.717) is 12.4 Å². The monoisotopic (exact) mass is 272 g/mol. The lowest BCUT2D eigenvalue weighted by Gasteiger charge is -2.20. The highest BCUT2D eigenvalue weighted by molar-refractivity contribution is 5.66. The molecule has 6 heteroatoms. The zero-order valence-corrected chi connectivity index (χ0v) is 11.9. The van der Waals surface area contributed by atoms with Gasteiger partial charge >= 0.3 is 5.97 Å². The maximum absolute atomic E-state index is 10.9. The van der Waals surface area contributed by atoms with Crippen LogP contribution >= 0.6 is 0 Å². The molecule has 2 unspecified atom stereocenters. The van der Waals surface area contributed by atoms with Gasteiger partial charge in [0.15, 0.2) is 17.7 Å². The van der Waals surface area contributed by atoms with Gasteiger partial charge in [-0.2, -0.15) is 0 Å². The van der Waals surface area contributed by atoms with Crippen LogP contribution in [0.2, 0.25) is 0 Å². The highest BCUT2D eigenvalue weighted by atomic mass is 16.8. The molecule has 0 aromatic carbocycles. The van der Waals surface area contributed by atoms with Crippen molar-refractivity contribution in [1.29, 1.82) is 0 Å². The van der Waals surface area contributed by atoms with Crippen molar-refractivity contribution >= 4 is 5.97 Å². The molecule has 2 heterocycles. The predicted octanol–water partition coefficient (Wildman–Crippen LogP) is 1.69. The molecule has 0 aliphatic carbocycles. The number of hydrogen-bond donors (Lipinski definition) is 0. The van der Waals surface area contributed by atoms with Gasteiger partial charge in [-0.25, -0.2) is 0 Å². The third-order valence-corrected chi connectivity index (χ3v) is 2.76. The summed E-state index contributed by atoms with van der Waals surface area (Å²) >= 11 is 0. The maximum Gasteiger partial charge on any atom is 0.307 e. The summed E-state index contributed by atoms with van der Waals surface area (Å²) in [5.41, 5.74) is 0. The van der Waals surface area contributed by atoms with Gasteiger partial charge < -0.3 is 23.7 Å². The highest BCUT2D eigenvalue weighted by Gasteiger charge is 2.48. The molecule has 108 valence electrons.